The fourth-order valence-corrected chi connectivity index (χ4v) is 2.82. The van der Waals surface area contributed by atoms with Crippen LogP contribution < -0.4 is 11.1 Å². The van der Waals surface area contributed by atoms with Gasteiger partial charge in [0, 0.05) is 19.1 Å². The molecule has 112 valence electrons. The first-order valence-corrected chi connectivity index (χ1v) is 6.91. The van der Waals surface area contributed by atoms with Gasteiger partial charge in [0.1, 0.15) is 4.88 Å². The molecule has 0 spiro atoms. The Bertz CT molecular complexity index is 480. The molecule has 3 N–H and O–H groups in total. The number of nitrogens with zero attached hydrogens (tertiary/aromatic N) is 1. The average Bonchev–Trinajstić information content (AvgIpc) is 2.97. The van der Waals surface area contributed by atoms with Gasteiger partial charge in [-0.05, 0) is 17.9 Å². The van der Waals surface area contributed by atoms with Crippen molar-refractivity contribution >= 4 is 41.3 Å². The van der Waals surface area contributed by atoms with E-state index in [9.17, 15) is 9.59 Å². The van der Waals surface area contributed by atoms with E-state index in [2.05, 4.69) is 10.1 Å². The number of likely N-dealkylation sites (tertiary alicyclic amines) is 1. The first kappa shape index (κ1) is 16.9. The molecule has 1 aliphatic heterocycles. The summed E-state index contributed by atoms with van der Waals surface area (Å²) >= 11 is 1.24. The molecule has 6 nitrogen and oxygen atoms in total. The molecule has 1 aromatic heterocycles. The molecular formula is C12H18ClN3O3S. The van der Waals surface area contributed by atoms with E-state index in [4.69, 9.17) is 5.73 Å². The lowest BCUT2D eigenvalue weighted by atomic mass is 10.3. The minimum atomic E-state index is -0.437. The summed E-state index contributed by atoms with van der Waals surface area (Å²) in [5.74, 6) is -0.578. The summed E-state index contributed by atoms with van der Waals surface area (Å²) in [5, 5.41) is 4.48. The lowest BCUT2D eigenvalue weighted by Crippen LogP contribution is -2.33. The molecule has 0 saturated carbocycles. The van der Waals surface area contributed by atoms with E-state index < -0.39 is 5.97 Å². The van der Waals surface area contributed by atoms with E-state index in [1.165, 1.54) is 18.4 Å². The number of thiophene rings is 1. The van der Waals surface area contributed by atoms with Crippen LogP contribution in [0.25, 0.3) is 0 Å². The Balaban J connectivity index is 0.00000200. The van der Waals surface area contributed by atoms with Crippen molar-refractivity contribution in [3.63, 3.8) is 0 Å². The van der Waals surface area contributed by atoms with Crippen molar-refractivity contribution in [1.29, 1.82) is 0 Å². The number of ether oxygens (including phenoxy) is 1. The predicted molar refractivity (Wildman–Crippen MR) is 80.6 cm³/mol. The number of halogens is 1. The normalized spacial score (nSPS) is 18.4. The molecule has 2 heterocycles. The van der Waals surface area contributed by atoms with Crippen LogP contribution in [-0.4, -0.2) is 49.6 Å². The van der Waals surface area contributed by atoms with Gasteiger partial charge in [-0.1, -0.05) is 0 Å². The van der Waals surface area contributed by atoms with Gasteiger partial charge in [-0.2, -0.15) is 0 Å². The average molecular weight is 320 g/mol. The number of hydrogen-bond acceptors (Lipinski definition) is 6. The van der Waals surface area contributed by atoms with Gasteiger partial charge in [0.15, 0.2) is 0 Å². The van der Waals surface area contributed by atoms with E-state index >= 15 is 0 Å². The molecule has 0 aliphatic carbocycles. The van der Waals surface area contributed by atoms with E-state index in [-0.39, 0.29) is 24.4 Å². The maximum atomic E-state index is 11.9. The fraction of sp³-hybridized carbons (Fsp3) is 0.500. The molecule has 0 bridgehead atoms. The highest BCUT2D eigenvalue weighted by atomic mass is 35.5. The van der Waals surface area contributed by atoms with Gasteiger partial charge in [-0.25, -0.2) is 4.79 Å². The van der Waals surface area contributed by atoms with Gasteiger partial charge in [0.2, 0.25) is 5.91 Å². The highest BCUT2D eigenvalue weighted by Gasteiger charge is 2.22. The Morgan fingerprint density at radius 1 is 1.60 bits per heavy atom. The quantitative estimate of drug-likeness (QED) is 0.806. The molecule has 0 radical (unpaired) electrons. The molecule has 1 fully saturated rings. The second-order valence-corrected chi connectivity index (χ2v) is 5.40. The molecule has 20 heavy (non-hydrogen) atoms. The number of nitrogens with two attached hydrogens (primary N) is 1. The van der Waals surface area contributed by atoms with Crippen molar-refractivity contribution in [2.45, 2.75) is 12.5 Å². The van der Waals surface area contributed by atoms with Gasteiger partial charge in [-0.3, -0.25) is 9.69 Å². The molecule has 0 aromatic carbocycles. The van der Waals surface area contributed by atoms with Crippen LogP contribution in [0.2, 0.25) is 0 Å². The van der Waals surface area contributed by atoms with Crippen LogP contribution in [-0.2, 0) is 9.53 Å². The zero-order valence-electron chi connectivity index (χ0n) is 11.1. The monoisotopic (exact) mass is 319 g/mol. The summed E-state index contributed by atoms with van der Waals surface area (Å²) in [7, 11) is 1.32. The van der Waals surface area contributed by atoms with Crippen LogP contribution >= 0.6 is 23.7 Å². The Labute approximate surface area is 127 Å². The fourth-order valence-electron chi connectivity index (χ4n) is 2.06. The zero-order valence-corrected chi connectivity index (χ0v) is 12.8. The molecule has 1 saturated heterocycles. The molecule has 1 atom stereocenters. The van der Waals surface area contributed by atoms with E-state index in [1.54, 1.807) is 11.4 Å². The maximum Gasteiger partial charge on any atom is 0.350 e. The Morgan fingerprint density at radius 2 is 2.35 bits per heavy atom. The molecule has 1 aliphatic rings. The van der Waals surface area contributed by atoms with Crippen LogP contribution in [0.1, 0.15) is 16.1 Å². The number of nitrogens with one attached hydrogen (secondary N) is 1. The van der Waals surface area contributed by atoms with Crippen LogP contribution in [0.3, 0.4) is 0 Å². The molecule has 2 rings (SSSR count). The summed E-state index contributed by atoms with van der Waals surface area (Å²) in [6.45, 7) is 1.87. The third-order valence-corrected chi connectivity index (χ3v) is 3.88. The van der Waals surface area contributed by atoms with Gasteiger partial charge < -0.3 is 15.8 Å². The molecule has 1 aromatic rings. The number of anilines is 1. The molecule has 8 heteroatoms. The Hall–Kier alpha value is -1.15. The number of rotatable bonds is 4. The van der Waals surface area contributed by atoms with E-state index in [0.29, 0.717) is 17.1 Å². The van der Waals surface area contributed by atoms with Crippen molar-refractivity contribution in [3.05, 3.63) is 16.3 Å². The minimum absolute atomic E-state index is 0. The van der Waals surface area contributed by atoms with Crippen LogP contribution in [0.15, 0.2) is 11.4 Å². The topological polar surface area (TPSA) is 84.7 Å². The standard InChI is InChI=1S/C12H17N3O3S.ClH/c1-18-12(17)11-9(3-5-19-11)14-10(16)7-15-4-2-8(13)6-15;/h3,5,8H,2,4,6-7,13H2,1H3,(H,14,16);1H. The maximum absolute atomic E-state index is 11.9. The van der Waals surface area contributed by atoms with Gasteiger partial charge in [-0.15, -0.1) is 23.7 Å². The first-order valence-electron chi connectivity index (χ1n) is 6.03. The number of amides is 1. The highest BCUT2D eigenvalue weighted by Crippen LogP contribution is 2.23. The number of carbonyl (C=O) groups is 2. The number of hydrogen-bond donors (Lipinski definition) is 2. The molecule has 1 unspecified atom stereocenters. The Kier molecular flexibility index (Phi) is 6.41. The summed E-state index contributed by atoms with van der Waals surface area (Å²) in [6, 6.07) is 1.85. The Morgan fingerprint density at radius 3 is 2.95 bits per heavy atom. The third-order valence-electron chi connectivity index (χ3n) is 2.99. The molecular weight excluding hydrogens is 302 g/mol. The summed E-state index contributed by atoms with van der Waals surface area (Å²) in [6.07, 6.45) is 0.916. The number of esters is 1. The van der Waals surface area contributed by atoms with Crippen molar-refractivity contribution in [2.24, 2.45) is 5.73 Å². The summed E-state index contributed by atoms with van der Waals surface area (Å²) in [4.78, 5) is 25.8. The van der Waals surface area contributed by atoms with Crippen LogP contribution in [0.5, 0.6) is 0 Å². The van der Waals surface area contributed by atoms with Crippen molar-refractivity contribution in [3.8, 4) is 0 Å². The number of methoxy groups -OCH3 is 1. The summed E-state index contributed by atoms with van der Waals surface area (Å²) < 4.78 is 4.66. The zero-order chi connectivity index (χ0) is 13.8. The largest absolute Gasteiger partial charge is 0.465 e. The SMILES string of the molecule is COC(=O)c1sccc1NC(=O)CN1CCC(N)C1.Cl. The van der Waals surface area contributed by atoms with Crippen LogP contribution in [0, 0.1) is 0 Å². The van der Waals surface area contributed by atoms with Crippen LogP contribution in [0.4, 0.5) is 5.69 Å². The van der Waals surface area contributed by atoms with Gasteiger partial charge in [0.05, 0.1) is 19.3 Å². The van der Waals surface area contributed by atoms with E-state index in [0.717, 1.165) is 19.5 Å². The van der Waals surface area contributed by atoms with E-state index in [1.807, 2.05) is 4.90 Å². The van der Waals surface area contributed by atoms with Crippen molar-refractivity contribution in [2.75, 3.05) is 32.1 Å². The van der Waals surface area contributed by atoms with Gasteiger partial charge in [0.25, 0.3) is 0 Å². The van der Waals surface area contributed by atoms with Crippen molar-refractivity contribution < 1.29 is 14.3 Å². The summed E-state index contributed by atoms with van der Waals surface area (Å²) in [5.41, 5.74) is 6.29. The molecule has 1 amide bonds. The second-order valence-electron chi connectivity index (χ2n) is 4.49. The highest BCUT2D eigenvalue weighted by molar-refractivity contribution is 7.12. The number of carbonyl (C=O) groups excluding carboxylic acids is 2. The van der Waals surface area contributed by atoms with Crippen molar-refractivity contribution in [1.82, 2.24) is 4.90 Å². The lowest BCUT2D eigenvalue weighted by molar-refractivity contribution is -0.117. The lowest BCUT2D eigenvalue weighted by Gasteiger charge is -2.14. The predicted octanol–water partition coefficient (Wildman–Crippen LogP) is 0.928. The third kappa shape index (κ3) is 4.17. The second kappa shape index (κ2) is 7.58. The first-order chi connectivity index (χ1) is 9.10. The van der Waals surface area contributed by atoms with Gasteiger partial charge >= 0.3 is 5.97 Å². The minimum Gasteiger partial charge on any atom is -0.465 e. The smallest absolute Gasteiger partial charge is 0.350 e.